The molecular formula is C30H10F23IO6. The summed E-state index contributed by atoms with van der Waals surface area (Å²) in [5.74, 6) is -95.2. The first-order valence-corrected chi connectivity index (χ1v) is 17.6. The van der Waals surface area contributed by atoms with E-state index in [1.54, 1.807) is 0 Å². The minimum absolute atomic E-state index is 0.0393. The van der Waals surface area contributed by atoms with Crippen molar-refractivity contribution in [1.82, 2.24) is 0 Å². The molecule has 0 unspecified atom stereocenters. The van der Waals surface area contributed by atoms with Crippen molar-refractivity contribution in [3.63, 3.8) is 0 Å². The summed E-state index contributed by atoms with van der Waals surface area (Å²) in [6.07, 6.45) is -8.19. The smallest absolute Gasteiger partial charge is 0.189 e. The molecular weight excluding hydrogens is 1020 g/mol. The van der Waals surface area contributed by atoms with E-state index in [0.717, 1.165) is 48.5 Å². The molecule has 334 valence electrons. The van der Waals surface area contributed by atoms with Crippen LogP contribution < -0.4 is 11.3 Å². The first-order chi connectivity index (χ1) is 26.7. The van der Waals surface area contributed by atoms with Crippen molar-refractivity contribution in [2.75, 3.05) is 0 Å². The van der Waals surface area contributed by atoms with E-state index in [9.17, 15) is 107 Å². The Bertz CT molecular complexity index is 2330. The van der Waals surface area contributed by atoms with Crippen LogP contribution in [0.3, 0.4) is 0 Å². The summed E-state index contributed by atoms with van der Waals surface area (Å²) in [5.41, 5.74) is -3.37. The topological polar surface area (TPSA) is 86.7 Å². The Morgan fingerprint density at radius 3 is 1.02 bits per heavy atom. The zero-order valence-corrected chi connectivity index (χ0v) is 29.5. The Morgan fingerprint density at radius 2 is 0.700 bits per heavy atom. The van der Waals surface area contributed by atoms with Gasteiger partial charge in [-0.05, 0) is 0 Å². The molecule has 6 nitrogen and oxygen atoms in total. The van der Waals surface area contributed by atoms with Gasteiger partial charge in [0.1, 0.15) is 0 Å². The predicted molar refractivity (Wildman–Crippen MR) is 158 cm³/mol. The molecule has 2 aromatic heterocycles. The molecule has 4 rings (SSSR count). The van der Waals surface area contributed by atoms with Gasteiger partial charge in [0, 0.05) is 0 Å². The van der Waals surface area contributed by atoms with E-state index < -0.39 is 121 Å². The SMILES string of the molecule is O=C(OI(c1ccc2ccc(=O)oc2c1)c1ccc2ccc(=O)oc2c1)C(F)(F)C(F)(F)C(F)(F)C(F)(F)C(F)(F)C(F)(F)C(F)(F)C(F)(F)C(F)(F)C(F)(F)C(F)(F)F. The zero-order chi connectivity index (χ0) is 46.5. The van der Waals surface area contributed by atoms with Crippen LogP contribution >= 0.6 is 20.2 Å². The summed E-state index contributed by atoms with van der Waals surface area (Å²) in [6.45, 7) is 0. The standard InChI is InChI=1S/C30H10F23IO6/c31-20(32,19(57)60-54(13-5-1-11-3-7-17(55)58-15(11)9-13)14-6-2-12-4-8-18(56)59-16(12)10-14)21(33,34)22(35,36)23(37,38)24(39,40)25(41,42)26(43,44)27(45,46)28(47,48)29(49,50)30(51,52)53/h1-10H. The third kappa shape index (κ3) is 6.76. The van der Waals surface area contributed by atoms with Gasteiger partial charge < -0.3 is 0 Å². The van der Waals surface area contributed by atoms with Crippen molar-refractivity contribution in [2.24, 2.45) is 0 Å². The summed E-state index contributed by atoms with van der Waals surface area (Å²) in [6, 6.07) is 8.37. The summed E-state index contributed by atoms with van der Waals surface area (Å²) >= 11 is -5.00. The van der Waals surface area contributed by atoms with Crippen molar-refractivity contribution >= 4 is 48.1 Å². The monoisotopic (exact) mass is 1030 g/mol. The summed E-state index contributed by atoms with van der Waals surface area (Å²) in [5, 5.41) is -0.0785. The number of halogens is 24. The molecule has 0 amide bonds. The zero-order valence-electron chi connectivity index (χ0n) is 27.3. The number of hydrogen-bond acceptors (Lipinski definition) is 6. The van der Waals surface area contributed by atoms with Gasteiger partial charge in [-0.1, -0.05) is 0 Å². The molecule has 0 saturated carbocycles. The molecule has 0 spiro atoms. The Hall–Kier alpha value is -4.55. The van der Waals surface area contributed by atoms with Gasteiger partial charge in [-0.3, -0.25) is 0 Å². The second kappa shape index (κ2) is 14.3. The van der Waals surface area contributed by atoms with Crippen LogP contribution in [-0.4, -0.2) is 71.4 Å². The van der Waals surface area contributed by atoms with Gasteiger partial charge in [-0.25, -0.2) is 0 Å². The summed E-state index contributed by atoms with van der Waals surface area (Å²) < 4.78 is 332. The van der Waals surface area contributed by atoms with E-state index >= 15 is 8.78 Å². The van der Waals surface area contributed by atoms with E-state index in [2.05, 4.69) is 3.07 Å². The van der Waals surface area contributed by atoms with Gasteiger partial charge in [0.05, 0.1) is 0 Å². The fourth-order valence-electron chi connectivity index (χ4n) is 4.50. The first kappa shape index (κ1) is 48.1. The van der Waals surface area contributed by atoms with Gasteiger partial charge in [0.25, 0.3) is 0 Å². The van der Waals surface area contributed by atoms with E-state index in [-0.39, 0.29) is 10.8 Å². The number of hydrogen-bond donors (Lipinski definition) is 0. The van der Waals surface area contributed by atoms with Crippen molar-refractivity contribution in [1.29, 1.82) is 0 Å². The van der Waals surface area contributed by atoms with Gasteiger partial charge in [-0.15, -0.1) is 0 Å². The van der Waals surface area contributed by atoms with Crippen LogP contribution in [-0.2, 0) is 7.86 Å². The van der Waals surface area contributed by atoms with Crippen LogP contribution in [0.15, 0.2) is 79.1 Å². The average molecular weight is 1030 g/mol. The molecule has 30 heteroatoms. The number of fused-ring (bicyclic) bond motifs is 2. The average Bonchev–Trinajstić information content (AvgIpc) is 3.11. The Morgan fingerprint density at radius 1 is 0.417 bits per heavy atom. The minimum atomic E-state index is -9.61. The molecule has 0 aliphatic heterocycles. The molecule has 0 saturated heterocycles. The van der Waals surface area contributed by atoms with Crippen molar-refractivity contribution in [3.8, 4) is 0 Å². The van der Waals surface area contributed by atoms with Crippen molar-refractivity contribution in [3.05, 3.63) is 88.6 Å². The number of rotatable bonds is 13. The molecule has 0 atom stereocenters. The van der Waals surface area contributed by atoms with Crippen LogP contribution in [0.1, 0.15) is 0 Å². The van der Waals surface area contributed by atoms with Gasteiger partial charge in [0.2, 0.25) is 0 Å². The Balaban J connectivity index is 1.82. The van der Waals surface area contributed by atoms with Crippen LogP contribution in [0.4, 0.5) is 101 Å². The normalized spacial score (nSPS) is 15.1. The molecule has 60 heavy (non-hydrogen) atoms. The number of benzene rings is 2. The molecule has 2 aromatic carbocycles. The molecule has 2 heterocycles. The molecule has 4 aromatic rings. The van der Waals surface area contributed by atoms with Crippen molar-refractivity contribution < 1.29 is 118 Å². The molecule has 0 bridgehead atoms. The quantitative estimate of drug-likeness (QED) is 0.0753. The van der Waals surface area contributed by atoms with E-state index in [0.29, 0.717) is 12.1 Å². The second-order valence-corrected chi connectivity index (χ2v) is 16.1. The third-order valence-electron chi connectivity index (χ3n) is 7.88. The molecule has 0 aliphatic rings. The molecule has 0 fully saturated rings. The predicted octanol–water partition coefficient (Wildman–Crippen LogP) is 10.8. The Labute approximate surface area is 319 Å². The molecule has 0 radical (unpaired) electrons. The van der Waals surface area contributed by atoms with E-state index in [1.165, 1.54) is 0 Å². The number of carbonyl (C=O) groups is 1. The minimum Gasteiger partial charge on any atom is -0.189 e. The summed E-state index contributed by atoms with van der Waals surface area (Å²) in [7, 11) is 0. The van der Waals surface area contributed by atoms with Crippen LogP contribution in [0.25, 0.3) is 21.9 Å². The fourth-order valence-corrected chi connectivity index (χ4v) is 8.55. The van der Waals surface area contributed by atoms with Crippen LogP contribution in [0, 0.1) is 7.14 Å². The van der Waals surface area contributed by atoms with Gasteiger partial charge in [-0.2, -0.15) is 22.0 Å². The third-order valence-corrected chi connectivity index (χ3v) is 12.3. The fraction of sp³-hybridized carbons (Fsp3) is 0.367. The maximum absolute atomic E-state index is 15.0. The van der Waals surface area contributed by atoms with E-state index in [4.69, 9.17) is 8.83 Å². The number of carbonyl (C=O) groups excluding carboxylic acids is 1. The van der Waals surface area contributed by atoms with Gasteiger partial charge >= 0.3 is 298 Å². The second-order valence-electron chi connectivity index (χ2n) is 11.7. The Kier molecular flexibility index (Phi) is 11.4. The maximum atomic E-state index is 15.0. The van der Waals surface area contributed by atoms with Crippen molar-refractivity contribution in [2.45, 2.75) is 65.4 Å². The van der Waals surface area contributed by atoms with Gasteiger partial charge in [0.15, 0.2) is 0 Å². The molecule has 0 aliphatic carbocycles. The van der Waals surface area contributed by atoms with Crippen LogP contribution in [0.2, 0.25) is 0 Å². The summed E-state index contributed by atoms with van der Waals surface area (Å²) in [4.78, 5) is 35.9. The van der Waals surface area contributed by atoms with E-state index in [1.807, 2.05) is 0 Å². The number of alkyl halides is 23. The molecule has 0 N–H and O–H groups in total. The van der Waals surface area contributed by atoms with Crippen LogP contribution in [0.5, 0.6) is 0 Å². The first-order valence-electron chi connectivity index (χ1n) is 14.6.